The monoisotopic (exact) mass is 382 g/mol. The molecule has 3 rings (SSSR count). The zero-order valence-electron chi connectivity index (χ0n) is 13.8. The van der Waals surface area contributed by atoms with Gasteiger partial charge in [0.1, 0.15) is 6.10 Å². The molecule has 1 aromatic heterocycles. The molecule has 0 spiro atoms. The lowest BCUT2D eigenvalue weighted by Crippen LogP contribution is -2.50. The van der Waals surface area contributed by atoms with Gasteiger partial charge in [0.05, 0.1) is 19.3 Å². The van der Waals surface area contributed by atoms with Crippen LogP contribution in [0.5, 0.6) is 0 Å². The standard InChI is InChI=1S/C18H22N2O3S.ClH/c21-16(15-6-9-24-13-15)12-20(11-14-4-2-1-3-5-14)18(22)17-10-19-7-8-23-17;/h1-6,9,13,16-17,19,21H,7-8,10-12H2;1H. The number of rotatable bonds is 6. The summed E-state index contributed by atoms with van der Waals surface area (Å²) in [6.45, 7) is 2.52. The summed E-state index contributed by atoms with van der Waals surface area (Å²) in [5.41, 5.74) is 1.88. The van der Waals surface area contributed by atoms with Gasteiger partial charge in [0.15, 0.2) is 0 Å². The van der Waals surface area contributed by atoms with E-state index in [-0.39, 0.29) is 24.9 Å². The predicted molar refractivity (Wildman–Crippen MR) is 101 cm³/mol. The highest BCUT2D eigenvalue weighted by molar-refractivity contribution is 7.07. The van der Waals surface area contributed by atoms with Crippen LogP contribution in [0, 0.1) is 0 Å². The van der Waals surface area contributed by atoms with E-state index in [1.54, 1.807) is 4.90 Å². The van der Waals surface area contributed by atoms with Crippen molar-refractivity contribution in [1.82, 2.24) is 10.2 Å². The maximum absolute atomic E-state index is 12.9. The maximum Gasteiger partial charge on any atom is 0.253 e. The molecule has 2 aromatic rings. The largest absolute Gasteiger partial charge is 0.387 e. The third kappa shape index (κ3) is 5.52. The molecule has 1 aliphatic rings. The van der Waals surface area contributed by atoms with Crippen LogP contribution in [-0.2, 0) is 16.1 Å². The van der Waals surface area contributed by atoms with Crippen LogP contribution in [0.3, 0.4) is 0 Å². The van der Waals surface area contributed by atoms with Crippen molar-refractivity contribution in [3.05, 3.63) is 58.3 Å². The number of nitrogens with zero attached hydrogens (tertiary/aromatic N) is 1. The summed E-state index contributed by atoms with van der Waals surface area (Å²) in [4.78, 5) is 14.5. The highest BCUT2D eigenvalue weighted by Crippen LogP contribution is 2.19. The van der Waals surface area contributed by atoms with Crippen LogP contribution in [0.1, 0.15) is 17.2 Å². The summed E-state index contributed by atoms with van der Waals surface area (Å²) in [5, 5.41) is 17.5. The zero-order valence-corrected chi connectivity index (χ0v) is 15.5. The van der Waals surface area contributed by atoms with E-state index in [9.17, 15) is 9.90 Å². The molecule has 2 heterocycles. The number of hydrogen-bond acceptors (Lipinski definition) is 5. The molecule has 1 aromatic carbocycles. The zero-order chi connectivity index (χ0) is 16.8. The number of morpholine rings is 1. The number of thiophene rings is 1. The molecule has 2 N–H and O–H groups in total. The Morgan fingerprint density at radius 1 is 1.36 bits per heavy atom. The number of benzene rings is 1. The molecule has 2 unspecified atom stereocenters. The minimum atomic E-state index is -0.694. The summed E-state index contributed by atoms with van der Waals surface area (Å²) in [6.07, 6.45) is -1.18. The van der Waals surface area contributed by atoms with Gasteiger partial charge in [-0.15, -0.1) is 12.4 Å². The first-order valence-corrected chi connectivity index (χ1v) is 9.03. The first-order valence-electron chi connectivity index (χ1n) is 8.09. The number of amides is 1. The number of hydrogen-bond donors (Lipinski definition) is 2. The van der Waals surface area contributed by atoms with Crippen LogP contribution >= 0.6 is 23.7 Å². The summed E-state index contributed by atoms with van der Waals surface area (Å²) < 4.78 is 5.60. The van der Waals surface area contributed by atoms with Crippen molar-refractivity contribution in [2.45, 2.75) is 18.8 Å². The highest BCUT2D eigenvalue weighted by Gasteiger charge is 2.28. The molecule has 5 nitrogen and oxygen atoms in total. The quantitative estimate of drug-likeness (QED) is 0.804. The van der Waals surface area contributed by atoms with Crippen molar-refractivity contribution in [3.8, 4) is 0 Å². The van der Waals surface area contributed by atoms with Crippen molar-refractivity contribution >= 4 is 29.7 Å². The molecule has 1 amide bonds. The molecule has 1 aliphatic heterocycles. The molecular formula is C18H23ClN2O3S. The number of carbonyl (C=O) groups excluding carboxylic acids is 1. The lowest BCUT2D eigenvalue weighted by atomic mass is 10.1. The van der Waals surface area contributed by atoms with Gasteiger partial charge in [-0.05, 0) is 28.0 Å². The molecule has 25 heavy (non-hydrogen) atoms. The van der Waals surface area contributed by atoms with E-state index >= 15 is 0 Å². The van der Waals surface area contributed by atoms with Gasteiger partial charge < -0.3 is 20.1 Å². The number of halogens is 1. The molecule has 1 saturated heterocycles. The molecule has 0 saturated carbocycles. The smallest absolute Gasteiger partial charge is 0.253 e. The van der Waals surface area contributed by atoms with E-state index in [2.05, 4.69) is 5.32 Å². The Bertz CT molecular complexity index is 633. The van der Waals surface area contributed by atoms with Crippen LogP contribution in [0.4, 0.5) is 0 Å². The van der Waals surface area contributed by atoms with Gasteiger partial charge in [-0.2, -0.15) is 11.3 Å². The minimum Gasteiger partial charge on any atom is -0.387 e. The summed E-state index contributed by atoms with van der Waals surface area (Å²) in [5.74, 6) is -0.0830. The molecule has 0 aliphatic carbocycles. The summed E-state index contributed by atoms with van der Waals surface area (Å²) in [6, 6.07) is 11.7. The SMILES string of the molecule is Cl.O=C(C1CNCCO1)N(Cc1ccccc1)CC(O)c1ccsc1. The number of ether oxygens (including phenoxy) is 1. The molecule has 2 atom stereocenters. The maximum atomic E-state index is 12.9. The van der Waals surface area contributed by atoms with Gasteiger partial charge in [-0.1, -0.05) is 30.3 Å². The van der Waals surface area contributed by atoms with Crippen LogP contribution in [0.2, 0.25) is 0 Å². The van der Waals surface area contributed by atoms with Crippen LogP contribution in [0.15, 0.2) is 47.2 Å². The Labute approximate surface area is 158 Å². The van der Waals surface area contributed by atoms with Gasteiger partial charge >= 0.3 is 0 Å². The van der Waals surface area contributed by atoms with E-state index in [1.165, 1.54) is 11.3 Å². The Morgan fingerprint density at radius 2 is 2.16 bits per heavy atom. The number of carbonyl (C=O) groups is 1. The Balaban J connectivity index is 0.00000225. The fourth-order valence-electron chi connectivity index (χ4n) is 2.74. The van der Waals surface area contributed by atoms with Gasteiger partial charge in [0.2, 0.25) is 0 Å². The molecule has 0 bridgehead atoms. The molecular weight excluding hydrogens is 360 g/mol. The Kier molecular flexibility index (Phi) is 7.87. The van der Waals surface area contributed by atoms with Gasteiger partial charge in [-0.3, -0.25) is 4.79 Å². The average Bonchev–Trinajstić information content (AvgIpc) is 3.17. The third-order valence-corrected chi connectivity index (χ3v) is 4.75. The lowest BCUT2D eigenvalue weighted by molar-refractivity contribution is -0.147. The van der Waals surface area contributed by atoms with Crippen molar-refractivity contribution in [3.63, 3.8) is 0 Å². The molecule has 1 fully saturated rings. The summed E-state index contributed by atoms with van der Waals surface area (Å²) >= 11 is 1.54. The Hall–Kier alpha value is -1.44. The van der Waals surface area contributed by atoms with Gasteiger partial charge in [-0.25, -0.2) is 0 Å². The molecule has 0 radical (unpaired) electrons. The first kappa shape index (κ1) is 19.9. The normalized spacial score (nSPS) is 18.2. The van der Waals surface area contributed by atoms with E-state index in [4.69, 9.17) is 4.74 Å². The van der Waals surface area contributed by atoms with E-state index in [0.717, 1.165) is 17.7 Å². The van der Waals surface area contributed by atoms with Gasteiger partial charge in [0, 0.05) is 19.6 Å². The summed E-state index contributed by atoms with van der Waals surface area (Å²) in [7, 11) is 0. The van der Waals surface area contributed by atoms with Gasteiger partial charge in [0.25, 0.3) is 5.91 Å². The van der Waals surface area contributed by atoms with E-state index in [1.807, 2.05) is 47.2 Å². The molecule has 7 heteroatoms. The van der Waals surface area contributed by atoms with Crippen LogP contribution < -0.4 is 5.32 Å². The second-order valence-corrected chi connectivity index (χ2v) is 6.62. The Morgan fingerprint density at radius 3 is 2.80 bits per heavy atom. The van der Waals surface area contributed by atoms with Crippen LogP contribution in [0.25, 0.3) is 0 Å². The number of aliphatic hydroxyl groups is 1. The van der Waals surface area contributed by atoms with E-state index in [0.29, 0.717) is 19.7 Å². The second-order valence-electron chi connectivity index (χ2n) is 5.84. The average molecular weight is 383 g/mol. The van der Waals surface area contributed by atoms with Crippen LogP contribution in [-0.4, -0.2) is 48.3 Å². The van der Waals surface area contributed by atoms with Crippen molar-refractivity contribution in [1.29, 1.82) is 0 Å². The second kappa shape index (κ2) is 9.89. The minimum absolute atomic E-state index is 0. The third-order valence-electron chi connectivity index (χ3n) is 4.05. The lowest BCUT2D eigenvalue weighted by Gasteiger charge is -2.31. The fraction of sp³-hybridized carbons (Fsp3) is 0.389. The van der Waals surface area contributed by atoms with E-state index < -0.39 is 12.2 Å². The van der Waals surface area contributed by atoms with Crippen molar-refractivity contribution in [2.24, 2.45) is 0 Å². The number of aliphatic hydroxyl groups excluding tert-OH is 1. The number of nitrogens with one attached hydrogen (secondary N) is 1. The van der Waals surface area contributed by atoms with Crippen molar-refractivity contribution < 1.29 is 14.6 Å². The molecule has 136 valence electrons. The highest BCUT2D eigenvalue weighted by atomic mass is 35.5. The van der Waals surface area contributed by atoms with Crippen molar-refractivity contribution in [2.75, 3.05) is 26.2 Å². The fourth-order valence-corrected chi connectivity index (χ4v) is 3.45. The first-order chi connectivity index (χ1) is 11.7. The predicted octanol–water partition coefficient (Wildman–Crippen LogP) is 2.22. The topological polar surface area (TPSA) is 61.8 Å².